The molecule has 0 aliphatic carbocycles. The summed E-state index contributed by atoms with van der Waals surface area (Å²) in [5.41, 5.74) is 0. The van der Waals surface area contributed by atoms with E-state index in [4.69, 9.17) is 25.5 Å². The molecule has 0 aliphatic heterocycles. The van der Waals surface area contributed by atoms with E-state index >= 15 is 0 Å². The van der Waals surface area contributed by atoms with E-state index in [-0.39, 0.29) is 0 Å². The molecule has 4 atom stereocenters. The van der Waals surface area contributed by atoms with E-state index < -0.39 is 37.0 Å². The minimum absolute atomic E-state index is 0.799. The third kappa shape index (κ3) is 3.20. The summed E-state index contributed by atoms with van der Waals surface area (Å²) >= 11 is 0. The number of hydrogen-bond acceptors (Lipinski definition) is 7. The zero-order chi connectivity index (χ0) is 11.3. The number of rotatable bonds is 5. The molecule has 0 amide bonds. The number of aliphatic hydroxyl groups excluding tert-OH is 5. The molecule has 0 radical (unpaired) electrons. The van der Waals surface area contributed by atoms with Gasteiger partial charge in [0.05, 0.1) is 13.7 Å². The van der Waals surface area contributed by atoms with E-state index in [1.165, 1.54) is 0 Å². The monoisotopic (exact) mass is 210 g/mol. The van der Waals surface area contributed by atoms with Crippen molar-refractivity contribution >= 4 is 5.97 Å². The van der Waals surface area contributed by atoms with Gasteiger partial charge in [0.25, 0.3) is 0 Å². The largest absolute Gasteiger partial charge is 0.467 e. The summed E-state index contributed by atoms with van der Waals surface area (Å²) in [6, 6.07) is 0. The molecule has 0 saturated carbocycles. The van der Waals surface area contributed by atoms with Crippen molar-refractivity contribution in [2.24, 2.45) is 0 Å². The molecule has 0 aromatic carbocycles. The summed E-state index contributed by atoms with van der Waals surface area (Å²) in [7, 11) is 0.993. The maximum absolute atomic E-state index is 10.7. The molecule has 7 heteroatoms. The number of carbonyl (C=O) groups is 1. The molecule has 0 aliphatic rings. The second kappa shape index (κ2) is 5.89. The van der Waals surface area contributed by atoms with Crippen LogP contribution >= 0.6 is 0 Å². The SMILES string of the molecule is COC(=O)[C@@H](O)[C@H](O)[C@H](O)[C@@H](O)CO. The van der Waals surface area contributed by atoms with Gasteiger partial charge in [0.2, 0.25) is 0 Å². The van der Waals surface area contributed by atoms with E-state index in [1.54, 1.807) is 0 Å². The van der Waals surface area contributed by atoms with Crippen LogP contribution < -0.4 is 0 Å². The lowest BCUT2D eigenvalue weighted by Crippen LogP contribution is -2.48. The molecule has 5 N–H and O–H groups in total. The molecule has 0 saturated heterocycles. The highest BCUT2D eigenvalue weighted by Gasteiger charge is 2.34. The van der Waals surface area contributed by atoms with Gasteiger partial charge in [0, 0.05) is 0 Å². The van der Waals surface area contributed by atoms with Crippen molar-refractivity contribution in [3.05, 3.63) is 0 Å². The van der Waals surface area contributed by atoms with E-state index in [0.29, 0.717) is 0 Å². The molecule has 0 aromatic rings. The fourth-order valence-corrected chi connectivity index (χ4v) is 0.783. The van der Waals surface area contributed by atoms with E-state index in [0.717, 1.165) is 7.11 Å². The van der Waals surface area contributed by atoms with E-state index in [1.807, 2.05) is 0 Å². The Labute approximate surface area is 80.2 Å². The standard InChI is InChI=1S/C7H14O7/c1-14-7(13)6(12)5(11)4(10)3(9)2-8/h3-6,8-12H,2H2,1H3/t3-,4+,5+,6-/m0/s1. The van der Waals surface area contributed by atoms with Gasteiger partial charge in [0.15, 0.2) is 6.10 Å². The second-order valence-electron chi connectivity index (χ2n) is 2.70. The van der Waals surface area contributed by atoms with Gasteiger partial charge in [0.1, 0.15) is 18.3 Å². The van der Waals surface area contributed by atoms with Crippen LogP contribution in [0.5, 0.6) is 0 Å². The Morgan fingerprint density at radius 2 is 1.71 bits per heavy atom. The van der Waals surface area contributed by atoms with Crippen LogP contribution in [0.2, 0.25) is 0 Å². The predicted octanol–water partition coefficient (Wildman–Crippen LogP) is -3.40. The van der Waals surface area contributed by atoms with Gasteiger partial charge in [-0.15, -0.1) is 0 Å². The Hall–Kier alpha value is -0.730. The van der Waals surface area contributed by atoms with Gasteiger partial charge in [-0.2, -0.15) is 0 Å². The molecule has 0 unspecified atom stereocenters. The third-order valence-electron chi connectivity index (χ3n) is 1.70. The molecule has 7 nitrogen and oxygen atoms in total. The maximum atomic E-state index is 10.7. The third-order valence-corrected chi connectivity index (χ3v) is 1.70. The van der Waals surface area contributed by atoms with E-state index in [9.17, 15) is 4.79 Å². The van der Waals surface area contributed by atoms with Gasteiger partial charge in [-0.25, -0.2) is 4.79 Å². The van der Waals surface area contributed by atoms with Crippen LogP contribution in [-0.4, -0.2) is 69.6 Å². The quantitative estimate of drug-likeness (QED) is 0.299. The lowest BCUT2D eigenvalue weighted by atomic mass is 10.0. The molecule has 0 heterocycles. The van der Waals surface area contributed by atoms with Crippen molar-refractivity contribution < 1.29 is 35.1 Å². The Morgan fingerprint density at radius 1 is 1.21 bits per heavy atom. The van der Waals surface area contributed by atoms with E-state index in [2.05, 4.69) is 4.74 Å². The molecule has 0 fully saturated rings. The van der Waals surface area contributed by atoms with Crippen molar-refractivity contribution in [3.63, 3.8) is 0 Å². The van der Waals surface area contributed by atoms with Gasteiger partial charge in [-0.05, 0) is 0 Å². The average molecular weight is 210 g/mol. The topological polar surface area (TPSA) is 127 Å². The van der Waals surface area contributed by atoms with Crippen molar-refractivity contribution in [2.75, 3.05) is 13.7 Å². The van der Waals surface area contributed by atoms with Crippen LogP contribution in [0.1, 0.15) is 0 Å². The van der Waals surface area contributed by atoms with Gasteiger partial charge >= 0.3 is 5.97 Å². The predicted molar refractivity (Wildman–Crippen MR) is 43.1 cm³/mol. The number of carbonyl (C=O) groups excluding carboxylic acids is 1. The molecule has 0 spiro atoms. The molecule has 0 rings (SSSR count). The second-order valence-corrected chi connectivity index (χ2v) is 2.70. The van der Waals surface area contributed by atoms with Gasteiger partial charge in [-0.3, -0.25) is 0 Å². The number of esters is 1. The van der Waals surface area contributed by atoms with Gasteiger partial charge in [-0.1, -0.05) is 0 Å². The molecule has 0 bridgehead atoms. The van der Waals surface area contributed by atoms with Gasteiger partial charge < -0.3 is 30.3 Å². The highest BCUT2D eigenvalue weighted by atomic mass is 16.5. The number of methoxy groups -OCH3 is 1. The maximum Gasteiger partial charge on any atom is 0.337 e. The molecule has 14 heavy (non-hydrogen) atoms. The number of aliphatic hydroxyl groups is 5. The van der Waals surface area contributed by atoms with Crippen molar-refractivity contribution in [3.8, 4) is 0 Å². The Bertz CT molecular complexity index is 183. The summed E-state index contributed by atoms with van der Waals surface area (Å²) < 4.78 is 4.09. The molecular formula is C7H14O7. The molecule has 0 aromatic heterocycles. The lowest BCUT2D eigenvalue weighted by molar-refractivity contribution is -0.167. The number of hydrogen-bond donors (Lipinski definition) is 5. The van der Waals surface area contributed by atoms with Crippen LogP contribution in [-0.2, 0) is 9.53 Å². The number of ether oxygens (including phenoxy) is 1. The summed E-state index contributed by atoms with van der Waals surface area (Å²) in [4.78, 5) is 10.7. The molecular weight excluding hydrogens is 196 g/mol. The summed E-state index contributed by atoms with van der Waals surface area (Å²) in [5.74, 6) is -1.14. The molecule has 84 valence electrons. The summed E-state index contributed by atoms with van der Waals surface area (Å²) in [6.45, 7) is -0.799. The zero-order valence-corrected chi connectivity index (χ0v) is 7.57. The fraction of sp³-hybridized carbons (Fsp3) is 0.857. The zero-order valence-electron chi connectivity index (χ0n) is 7.57. The Kier molecular flexibility index (Phi) is 5.58. The first-order valence-electron chi connectivity index (χ1n) is 3.86. The van der Waals surface area contributed by atoms with Crippen LogP contribution in [0, 0.1) is 0 Å². The minimum Gasteiger partial charge on any atom is -0.467 e. The average Bonchev–Trinajstić information content (AvgIpc) is 2.23. The lowest BCUT2D eigenvalue weighted by Gasteiger charge is -2.23. The van der Waals surface area contributed by atoms with Crippen molar-refractivity contribution in [1.29, 1.82) is 0 Å². The smallest absolute Gasteiger partial charge is 0.337 e. The first-order chi connectivity index (χ1) is 6.45. The van der Waals surface area contributed by atoms with Crippen LogP contribution in [0.25, 0.3) is 0 Å². The minimum atomic E-state index is -1.96. The summed E-state index contributed by atoms with van der Waals surface area (Å²) in [6.07, 6.45) is -7.33. The van der Waals surface area contributed by atoms with Crippen LogP contribution in [0.4, 0.5) is 0 Å². The normalized spacial score (nSPS) is 19.6. The Balaban J connectivity index is 4.30. The van der Waals surface area contributed by atoms with Crippen molar-refractivity contribution in [1.82, 2.24) is 0 Å². The first kappa shape index (κ1) is 13.3. The van der Waals surface area contributed by atoms with Crippen LogP contribution in [0.15, 0.2) is 0 Å². The van der Waals surface area contributed by atoms with Crippen LogP contribution in [0.3, 0.4) is 0 Å². The first-order valence-corrected chi connectivity index (χ1v) is 3.86. The highest BCUT2D eigenvalue weighted by Crippen LogP contribution is 2.05. The Morgan fingerprint density at radius 3 is 2.07 bits per heavy atom. The fourth-order valence-electron chi connectivity index (χ4n) is 0.783. The summed E-state index contributed by atoms with van der Waals surface area (Å²) in [5, 5.41) is 44.5. The highest BCUT2D eigenvalue weighted by molar-refractivity contribution is 5.75. The van der Waals surface area contributed by atoms with Crippen molar-refractivity contribution in [2.45, 2.75) is 24.4 Å².